The van der Waals surface area contributed by atoms with Gasteiger partial charge in [-0.05, 0) is 30.2 Å². The maximum atomic E-state index is 4.35. The summed E-state index contributed by atoms with van der Waals surface area (Å²) in [4.78, 5) is 5.80. The first-order valence-electron chi connectivity index (χ1n) is 6.13. The molecule has 0 spiro atoms. The van der Waals surface area contributed by atoms with Gasteiger partial charge in [0.15, 0.2) is 5.13 Å². The average molecular weight is 264 g/mol. The van der Waals surface area contributed by atoms with E-state index in [0.29, 0.717) is 6.04 Å². The van der Waals surface area contributed by atoms with Gasteiger partial charge in [-0.25, -0.2) is 4.98 Å². The second-order valence-corrected chi connectivity index (χ2v) is 6.39. The van der Waals surface area contributed by atoms with Crippen LogP contribution in [-0.2, 0) is 0 Å². The van der Waals surface area contributed by atoms with Crippen LogP contribution in [0.3, 0.4) is 0 Å². The number of rotatable bonds is 4. The molecule has 1 unspecified atom stereocenters. The highest BCUT2D eigenvalue weighted by atomic mass is 32.1. The molecule has 90 valence electrons. The Balaban J connectivity index is 1.80. The van der Waals surface area contributed by atoms with E-state index in [-0.39, 0.29) is 0 Å². The lowest BCUT2D eigenvalue weighted by molar-refractivity contribution is 0.475. The van der Waals surface area contributed by atoms with E-state index in [1.54, 1.807) is 11.3 Å². The van der Waals surface area contributed by atoms with Gasteiger partial charge in [0.1, 0.15) is 0 Å². The third kappa shape index (κ3) is 2.53. The molecule has 4 heteroatoms. The summed E-state index contributed by atoms with van der Waals surface area (Å²) >= 11 is 3.54. The summed E-state index contributed by atoms with van der Waals surface area (Å²) in [5.74, 6) is 0.776. The first-order valence-corrected chi connectivity index (χ1v) is 7.89. The maximum Gasteiger partial charge on any atom is 0.183 e. The first kappa shape index (κ1) is 11.2. The van der Waals surface area contributed by atoms with Crippen molar-refractivity contribution in [3.05, 3.63) is 34.0 Å². The molecule has 2 aromatic rings. The molecular formula is C13H16N2S2. The van der Waals surface area contributed by atoms with Gasteiger partial charge in [-0.3, -0.25) is 0 Å². The number of thiazole rings is 1. The molecule has 1 N–H and O–H groups in total. The molecule has 1 atom stereocenters. The van der Waals surface area contributed by atoms with Crippen LogP contribution in [0.15, 0.2) is 29.1 Å². The molecule has 0 radical (unpaired) electrons. The largest absolute Gasteiger partial charge is 0.354 e. The van der Waals surface area contributed by atoms with Crippen LogP contribution in [0.25, 0.3) is 0 Å². The van der Waals surface area contributed by atoms with Gasteiger partial charge in [-0.1, -0.05) is 18.9 Å². The van der Waals surface area contributed by atoms with E-state index in [1.807, 2.05) is 22.9 Å². The molecule has 1 fully saturated rings. The van der Waals surface area contributed by atoms with Gasteiger partial charge in [-0.15, -0.1) is 22.7 Å². The normalized spacial score (nSPS) is 18.4. The van der Waals surface area contributed by atoms with Crippen LogP contribution in [0.4, 0.5) is 5.13 Å². The molecule has 0 saturated heterocycles. The van der Waals surface area contributed by atoms with Crippen molar-refractivity contribution in [3.63, 3.8) is 0 Å². The van der Waals surface area contributed by atoms with Crippen molar-refractivity contribution in [2.45, 2.75) is 31.7 Å². The highest BCUT2D eigenvalue weighted by molar-refractivity contribution is 7.13. The Bertz CT molecular complexity index is 430. The molecule has 0 aliphatic heterocycles. The fraction of sp³-hybridized carbons (Fsp3) is 0.462. The van der Waals surface area contributed by atoms with E-state index in [1.165, 1.54) is 30.6 Å². The number of nitrogens with one attached hydrogen (secondary N) is 1. The third-order valence-electron chi connectivity index (χ3n) is 3.43. The highest BCUT2D eigenvalue weighted by Crippen LogP contribution is 2.39. The summed E-state index contributed by atoms with van der Waals surface area (Å²) in [6.07, 6.45) is 7.33. The molecule has 2 heterocycles. The number of aromatic nitrogens is 1. The van der Waals surface area contributed by atoms with Gasteiger partial charge in [0.2, 0.25) is 0 Å². The summed E-state index contributed by atoms with van der Waals surface area (Å²) < 4.78 is 0. The molecule has 1 saturated carbocycles. The zero-order valence-corrected chi connectivity index (χ0v) is 11.3. The van der Waals surface area contributed by atoms with Crippen LogP contribution in [0.5, 0.6) is 0 Å². The van der Waals surface area contributed by atoms with Crippen molar-refractivity contribution in [1.29, 1.82) is 0 Å². The lowest BCUT2D eigenvalue weighted by Gasteiger charge is -2.23. The van der Waals surface area contributed by atoms with Gasteiger partial charge in [0.05, 0.1) is 6.04 Å². The van der Waals surface area contributed by atoms with Gasteiger partial charge in [0, 0.05) is 16.5 Å². The summed E-state index contributed by atoms with van der Waals surface area (Å²) in [6.45, 7) is 0. The van der Waals surface area contributed by atoms with E-state index < -0.39 is 0 Å². The highest BCUT2D eigenvalue weighted by Gasteiger charge is 2.27. The lowest BCUT2D eigenvalue weighted by Crippen LogP contribution is -2.17. The maximum absolute atomic E-state index is 4.35. The predicted molar refractivity (Wildman–Crippen MR) is 74.8 cm³/mol. The topological polar surface area (TPSA) is 24.9 Å². The van der Waals surface area contributed by atoms with Crippen molar-refractivity contribution in [2.75, 3.05) is 5.32 Å². The Morgan fingerprint density at radius 2 is 2.12 bits per heavy atom. The lowest BCUT2D eigenvalue weighted by atomic mass is 9.97. The Hall–Kier alpha value is -0.870. The van der Waals surface area contributed by atoms with E-state index in [4.69, 9.17) is 0 Å². The summed E-state index contributed by atoms with van der Waals surface area (Å²) in [5.41, 5.74) is 0. The fourth-order valence-corrected chi connectivity index (χ4v) is 4.04. The van der Waals surface area contributed by atoms with Crippen LogP contribution in [0.2, 0.25) is 0 Å². The average Bonchev–Trinajstić information content (AvgIpc) is 3.09. The van der Waals surface area contributed by atoms with Gasteiger partial charge in [0.25, 0.3) is 0 Å². The van der Waals surface area contributed by atoms with Crippen LogP contribution in [0.1, 0.15) is 36.6 Å². The van der Waals surface area contributed by atoms with Crippen LogP contribution < -0.4 is 5.32 Å². The molecule has 0 bridgehead atoms. The smallest absolute Gasteiger partial charge is 0.183 e. The molecule has 0 amide bonds. The Morgan fingerprint density at radius 3 is 2.76 bits per heavy atom. The number of hydrogen-bond acceptors (Lipinski definition) is 4. The van der Waals surface area contributed by atoms with E-state index >= 15 is 0 Å². The molecule has 3 rings (SSSR count). The van der Waals surface area contributed by atoms with E-state index in [0.717, 1.165) is 11.0 Å². The minimum atomic E-state index is 0.462. The van der Waals surface area contributed by atoms with Crippen molar-refractivity contribution in [1.82, 2.24) is 4.98 Å². The van der Waals surface area contributed by atoms with E-state index in [9.17, 15) is 0 Å². The second-order valence-electron chi connectivity index (χ2n) is 4.52. The SMILES string of the molecule is c1csc(C(Nc2nccs2)C2CCCC2)c1. The van der Waals surface area contributed by atoms with Gasteiger partial charge >= 0.3 is 0 Å². The summed E-state index contributed by atoms with van der Waals surface area (Å²) in [7, 11) is 0. The number of thiophene rings is 1. The zero-order chi connectivity index (χ0) is 11.5. The Morgan fingerprint density at radius 1 is 1.24 bits per heavy atom. The monoisotopic (exact) mass is 264 g/mol. The van der Waals surface area contributed by atoms with Crippen molar-refractivity contribution in [3.8, 4) is 0 Å². The van der Waals surface area contributed by atoms with Crippen LogP contribution >= 0.6 is 22.7 Å². The zero-order valence-electron chi connectivity index (χ0n) is 9.63. The van der Waals surface area contributed by atoms with Gasteiger partial charge in [-0.2, -0.15) is 0 Å². The standard InChI is InChI=1S/C13H16N2S2/c1-2-5-10(4-1)12(11-6-3-8-16-11)15-13-14-7-9-17-13/h3,6-10,12H,1-2,4-5H2,(H,14,15). The Kier molecular flexibility index (Phi) is 3.43. The van der Waals surface area contributed by atoms with Crippen molar-refractivity contribution < 1.29 is 0 Å². The first-order chi connectivity index (χ1) is 8.43. The molecule has 2 aromatic heterocycles. The summed E-state index contributed by atoms with van der Waals surface area (Å²) in [5, 5.41) is 8.87. The molecule has 0 aromatic carbocycles. The molecule has 2 nitrogen and oxygen atoms in total. The van der Waals surface area contributed by atoms with Gasteiger partial charge < -0.3 is 5.32 Å². The third-order valence-corrected chi connectivity index (χ3v) is 5.09. The minimum absolute atomic E-state index is 0.462. The van der Waals surface area contributed by atoms with Crippen molar-refractivity contribution in [2.24, 2.45) is 5.92 Å². The summed E-state index contributed by atoms with van der Waals surface area (Å²) in [6, 6.07) is 4.85. The number of nitrogens with zero attached hydrogens (tertiary/aromatic N) is 1. The fourth-order valence-electron chi connectivity index (χ4n) is 2.61. The molecule has 17 heavy (non-hydrogen) atoms. The molecule has 1 aliphatic rings. The van der Waals surface area contributed by atoms with Crippen LogP contribution in [-0.4, -0.2) is 4.98 Å². The second kappa shape index (κ2) is 5.19. The number of anilines is 1. The molecule has 1 aliphatic carbocycles. The van der Waals surface area contributed by atoms with Crippen molar-refractivity contribution >= 4 is 27.8 Å². The molecular weight excluding hydrogens is 248 g/mol. The quantitative estimate of drug-likeness (QED) is 0.876. The predicted octanol–water partition coefficient (Wildman–Crippen LogP) is 4.55. The number of hydrogen-bond donors (Lipinski definition) is 1. The Labute approximate surface area is 110 Å². The van der Waals surface area contributed by atoms with Crippen LogP contribution in [0, 0.1) is 5.92 Å². The minimum Gasteiger partial charge on any atom is -0.354 e. The van der Waals surface area contributed by atoms with E-state index in [2.05, 4.69) is 27.8 Å².